The van der Waals surface area contributed by atoms with Crippen molar-refractivity contribution < 1.29 is 13.2 Å². The van der Waals surface area contributed by atoms with Crippen LogP contribution in [-0.4, -0.2) is 30.2 Å². The maximum absolute atomic E-state index is 13.2. The van der Waals surface area contributed by atoms with Gasteiger partial charge in [-0.25, -0.2) is 8.42 Å². The van der Waals surface area contributed by atoms with Crippen molar-refractivity contribution in [3.8, 4) is 0 Å². The zero-order valence-corrected chi connectivity index (χ0v) is 18.0. The zero-order chi connectivity index (χ0) is 21.6. The molecule has 2 aromatic carbocycles. The predicted octanol–water partition coefficient (Wildman–Crippen LogP) is 3.55. The summed E-state index contributed by atoms with van der Waals surface area (Å²) < 4.78 is 27.6. The molecule has 0 saturated carbocycles. The van der Waals surface area contributed by atoms with Gasteiger partial charge in [0.25, 0.3) is 0 Å². The van der Waals surface area contributed by atoms with Crippen molar-refractivity contribution in [2.24, 2.45) is 0 Å². The molecular formula is C22H22ClN3O3S. The average Bonchev–Trinajstić information content (AvgIpc) is 2.74. The molecule has 0 saturated heterocycles. The van der Waals surface area contributed by atoms with Gasteiger partial charge >= 0.3 is 0 Å². The average molecular weight is 444 g/mol. The fraction of sp³-hybridized carbons (Fsp3) is 0.182. The molecule has 0 aliphatic carbocycles. The van der Waals surface area contributed by atoms with Gasteiger partial charge < -0.3 is 5.32 Å². The van der Waals surface area contributed by atoms with Gasteiger partial charge in [-0.3, -0.25) is 9.78 Å². The lowest BCUT2D eigenvalue weighted by molar-refractivity contribution is -0.121. The second-order valence-electron chi connectivity index (χ2n) is 6.85. The quantitative estimate of drug-likeness (QED) is 0.577. The molecule has 0 aliphatic heterocycles. The lowest BCUT2D eigenvalue weighted by Crippen LogP contribution is -2.40. The van der Waals surface area contributed by atoms with E-state index in [1.165, 1.54) is 28.6 Å². The number of rotatable bonds is 8. The summed E-state index contributed by atoms with van der Waals surface area (Å²) in [5.74, 6) is -0.400. The van der Waals surface area contributed by atoms with Gasteiger partial charge in [-0.15, -0.1) is 0 Å². The van der Waals surface area contributed by atoms with Crippen LogP contribution in [0.4, 0.5) is 0 Å². The van der Waals surface area contributed by atoms with Crippen LogP contribution in [0.5, 0.6) is 0 Å². The SMILES string of the molecule is Cc1ccc(CN(CC(=O)NCc2cccnc2)S(=O)(=O)c2ccc(Cl)cc2)cc1. The van der Waals surface area contributed by atoms with Gasteiger partial charge in [0, 0.05) is 30.5 Å². The maximum atomic E-state index is 13.2. The molecular weight excluding hydrogens is 422 g/mol. The lowest BCUT2D eigenvalue weighted by atomic mass is 10.1. The Morgan fingerprint density at radius 2 is 1.73 bits per heavy atom. The minimum atomic E-state index is -3.90. The summed E-state index contributed by atoms with van der Waals surface area (Å²) in [6.07, 6.45) is 3.29. The number of amides is 1. The minimum Gasteiger partial charge on any atom is -0.351 e. The van der Waals surface area contributed by atoms with E-state index >= 15 is 0 Å². The second-order valence-corrected chi connectivity index (χ2v) is 9.22. The van der Waals surface area contributed by atoms with Crippen molar-refractivity contribution in [2.75, 3.05) is 6.54 Å². The van der Waals surface area contributed by atoms with E-state index in [1.54, 1.807) is 18.5 Å². The number of hydrogen-bond donors (Lipinski definition) is 1. The molecule has 0 aliphatic rings. The molecule has 3 rings (SSSR count). The van der Waals surface area contributed by atoms with E-state index < -0.39 is 15.9 Å². The molecule has 0 radical (unpaired) electrons. The van der Waals surface area contributed by atoms with Crippen molar-refractivity contribution in [1.29, 1.82) is 0 Å². The largest absolute Gasteiger partial charge is 0.351 e. The molecule has 0 fully saturated rings. The van der Waals surface area contributed by atoms with Crippen LogP contribution in [0.1, 0.15) is 16.7 Å². The number of carbonyl (C=O) groups excluding carboxylic acids is 1. The summed E-state index contributed by atoms with van der Waals surface area (Å²) in [5, 5.41) is 3.19. The van der Waals surface area contributed by atoms with E-state index in [2.05, 4.69) is 10.3 Å². The number of hydrogen-bond acceptors (Lipinski definition) is 4. The number of benzene rings is 2. The van der Waals surface area contributed by atoms with Gasteiger partial charge in [0.15, 0.2) is 0 Å². The van der Waals surface area contributed by atoms with Crippen molar-refractivity contribution in [3.63, 3.8) is 0 Å². The van der Waals surface area contributed by atoms with Crippen LogP contribution in [0.2, 0.25) is 5.02 Å². The van der Waals surface area contributed by atoms with E-state index in [9.17, 15) is 13.2 Å². The summed E-state index contributed by atoms with van der Waals surface area (Å²) in [4.78, 5) is 16.6. The van der Waals surface area contributed by atoms with Crippen LogP contribution >= 0.6 is 11.6 Å². The third-order valence-electron chi connectivity index (χ3n) is 4.46. The summed E-state index contributed by atoms with van der Waals surface area (Å²) in [6.45, 7) is 1.99. The van der Waals surface area contributed by atoms with Crippen LogP contribution < -0.4 is 5.32 Å². The Kier molecular flexibility index (Phi) is 7.20. The smallest absolute Gasteiger partial charge is 0.243 e. The summed E-state index contributed by atoms with van der Waals surface area (Å²) in [6, 6.07) is 17.0. The summed E-state index contributed by atoms with van der Waals surface area (Å²) in [7, 11) is -3.90. The highest BCUT2D eigenvalue weighted by Crippen LogP contribution is 2.20. The summed E-state index contributed by atoms with van der Waals surface area (Å²) >= 11 is 5.89. The molecule has 156 valence electrons. The van der Waals surface area contributed by atoms with Crippen molar-refractivity contribution in [1.82, 2.24) is 14.6 Å². The second kappa shape index (κ2) is 9.84. The van der Waals surface area contributed by atoms with Gasteiger partial charge in [-0.05, 0) is 48.4 Å². The number of pyridine rings is 1. The molecule has 8 heteroatoms. The molecule has 1 heterocycles. The Balaban J connectivity index is 1.80. The fourth-order valence-corrected chi connectivity index (χ4v) is 4.31. The van der Waals surface area contributed by atoms with Gasteiger partial charge in [-0.2, -0.15) is 4.31 Å². The van der Waals surface area contributed by atoms with Crippen LogP contribution in [0.3, 0.4) is 0 Å². The number of aromatic nitrogens is 1. The van der Waals surface area contributed by atoms with E-state index in [4.69, 9.17) is 11.6 Å². The van der Waals surface area contributed by atoms with Gasteiger partial charge in [0.2, 0.25) is 15.9 Å². The van der Waals surface area contributed by atoms with E-state index in [-0.39, 0.29) is 24.5 Å². The third kappa shape index (κ3) is 5.89. The molecule has 0 unspecified atom stereocenters. The molecule has 1 aromatic heterocycles. The Hall–Kier alpha value is -2.74. The van der Waals surface area contributed by atoms with Crippen molar-refractivity contribution in [3.05, 3.63) is 94.8 Å². The van der Waals surface area contributed by atoms with Crippen LogP contribution in [0, 0.1) is 6.92 Å². The maximum Gasteiger partial charge on any atom is 0.243 e. The number of aryl methyl sites for hydroxylation is 1. The van der Waals surface area contributed by atoms with Gasteiger partial charge in [-0.1, -0.05) is 47.5 Å². The molecule has 0 atom stereocenters. The number of carbonyl (C=O) groups is 1. The highest BCUT2D eigenvalue weighted by molar-refractivity contribution is 7.89. The highest BCUT2D eigenvalue weighted by atomic mass is 35.5. The minimum absolute atomic E-state index is 0.0750. The van der Waals surface area contributed by atoms with E-state index in [0.29, 0.717) is 5.02 Å². The number of nitrogens with zero attached hydrogens (tertiary/aromatic N) is 2. The fourth-order valence-electron chi connectivity index (χ4n) is 2.80. The first-order valence-corrected chi connectivity index (χ1v) is 11.1. The molecule has 1 amide bonds. The van der Waals surface area contributed by atoms with Crippen LogP contribution in [-0.2, 0) is 27.9 Å². The summed E-state index contributed by atoms with van der Waals surface area (Å²) in [5.41, 5.74) is 2.69. The number of halogens is 1. The first-order chi connectivity index (χ1) is 14.3. The standard InChI is InChI=1S/C22H22ClN3O3S/c1-17-4-6-18(7-5-17)15-26(30(28,29)21-10-8-20(23)9-11-21)16-22(27)25-14-19-3-2-12-24-13-19/h2-13H,14-16H2,1H3,(H,25,27). The van der Waals surface area contributed by atoms with E-state index in [1.807, 2.05) is 37.3 Å². The molecule has 6 nitrogen and oxygen atoms in total. The van der Waals surface area contributed by atoms with Gasteiger partial charge in [0.05, 0.1) is 11.4 Å². The van der Waals surface area contributed by atoms with Crippen LogP contribution in [0.15, 0.2) is 78.0 Å². The molecule has 0 bridgehead atoms. The Morgan fingerprint density at radius 1 is 1.03 bits per heavy atom. The first kappa shape index (κ1) is 22.0. The highest BCUT2D eigenvalue weighted by Gasteiger charge is 2.27. The molecule has 3 aromatic rings. The normalized spacial score (nSPS) is 11.4. The molecule has 30 heavy (non-hydrogen) atoms. The Labute approximate surface area is 181 Å². The number of sulfonamides is 1. The third-order valence-corrected chi connectivity index (χ3v) is 6.52. The lowest BCUT2D eigenvalue weighted by Gasteiger charge is -2.22. The van der Waals surface area contributed by atoms with Gasteiger partial charge in [0.1, 0.15) is 0 Å². The van der Waals surface area contributed by atoms with Crippen molar-refractivity contribution >= 4 is 27.5 Å². The predicted molar refractivity (Wildman–Crippen MR) is 116 cm³/mol. The van der Waals surface area contributed by atoms with Crippen LogP contribution in [0.25, 0.3) is 0 Å². The molecule has 0 spiro atoms. The Morgan fingerprint density at radius 3 is 2.37 bits per heavy atom. The Bertz CT molecular complexity index is 1090. The zero-order valence-electron chi connectivity index (χ0n) is 16.5. The monoisotopic (exact) mass is 443 g/mol. The van der Waals surface area contributed by atoms with E-state index in [0.717, 1.165) is 16.7 Å². The topological polar surface area (TPSA) is 79.4 Å². The number of nitrogens with one attached hydrogen (secondary N) is 1. The first-order valence-electron chi connectivity index (χ1n) is 9.31. The molecule has 1 N–H and O–H groups in total. The van der Waals surface area contributed by atoms with Crippen molar-refractivity contribution in [2.45, 2.75) is 24.9 Å².